The van der Waals surface area contributed by atoms with Crippen molar-refractivity contribution < 1.29 is 4.79 Å². The molecule has 0 spiro atoms. The lowest BCUT2D eigenvalue weighted by Gasteiger charge is -2.05. The van der Waals surface area contributed by atoms with Gasteiger partial charge in [-0.05, 0) is 13.3 Å². The standard InChI is InChI=1S/C7H12N2O/c1-4-6-5(2)8-9(3)7(6)10/h6H,4H2,1-3H3. The molecule has 0 aromatic rings. The van der Waals surface area contributed by atoms with E-state index >= 15 is 0 Å². The molecule has 1 rings (SSSR count). The van der Waals surface area contributed by atoms with Crippen LogP contribution in [0.15, 0.2) is 5.10 Å². The number of nitrogens with zero attached hydrogens (tertiary/aromatic N) is 2. The Bertz CT molecular complexity index is 186. The second-order valence-electron chi connectivity index (χ2n) is 2.56. The average Bonchev–Trinajstić information content (AvgIpc) is 2.09. The van der Waals surface area contributed by atoms with Crippen LogP contribution in [-0.4, -0.2) is 23.7 Å². The van der Waals surface area contributed by atoms with Crippen LogP contribution in [0.5, 0.6) is 0 Å². The molecule has 0 saturated carbocycles. The Labute approximate surface area is 60.7 Å². The highest BCUT2D eigenvalue weighted by Crippen LogP contribution is 2.16. The van der Waals surface area contributed by atoms with Crippen molar-refractivity contribution in [2.45, 2.75) is 20.3 Å². The highest BCUT2D eigenvalue weighted by atomic mass is 16.2. The highest BCUT2D eigenvalue weighted by molar-refractivity contribution is 6.06. The van der Waals surface area contributed by atoms with Gasteiger partial charge in [0.25, 0.3) is 5.91 Å². The molecule has 3 heteroatoms. The topological polar surface area (TPSA) is 32.7 Å². The Balaban J connectivity index is 2.78. The fourth-order valence-corrected chi connectivity index (χ4v) is 1.23. The molecule has 0 fully saturated rings. The van der Waals surface area contributed by atoms with Crippen molar-refractivity contribution in [3.8, 4) is 0 Å². The molecule has 0 aliphatic carbocycles. The van der Waals surface area contributed by atoms with Gasteiger partial charge in [-0.2, -0.15) is 5.10 Å². The number of carbonyl (C=O) groups excluding carboxylic acids is 1. The van der Waals surface area contributed by atoms with Crippen molar-refractivity contribution in [1.29, 1.82) is 0 Å². The first-order chi connectivity index (χ1) is 4.66. The molecule has 1 aliphatic heterocycles. The molecule has 10 heavy (non-hydrogen) atoms. The van der Waals surface area contributed by atoms with Gasteiger partial charge in [-0.25, -0.2) is 5.01 Å². The first-order valence-electron chi connectivity index (χ1n) is 3.49. The maximum absolute atomic E-state index is 11.2. The van der Waals surface area contributed by atoms with Gasteiger partial charge in [0.1, 0.15) is 0 Å². The number of hydrogen-bond acceptors (Lipinski definition) is 2. The minimum atomic E-state index is 0.0463. The maximum atomic E-state index is 11.2. The van der Waals surface area contributed by atoms with Crippen LogP contribution in [0.4, 0.5) is 0 Å². The normalized spacial score (nSPS) is 25.5. The van der Waals surface area contributed by atoms with E-state index in [9.17, 15) is 4.79 Å². The Morgan fingerprint density at radius 3 is 2.50 bits per heavy atom. The van der Waals surface area contributed by atoms with Gasteiger partial charge in [0.05, 0.1) is 5.92 Å². The van der Waals surface area contributed by atoms with Crippen molar-refractivity contribution in [2.24, 2.45) is 11.0 Å². The van der Waals surface area contributed by atoms with Gasteiger partial charge in [-0.1, -0.05) is 6.92 Å². The third-order valence-corrected chi connectivity index (χ3v) is 1.84. The number of hydrazone groups is 1. The van der Waals surface area contributed by atoms with E-state index in [1.165, 1.54) is 5.01 Å². The quantitative estimate of drug-likeness (QED) is 0.531. The summed E-state index contributed by atoms with van der Waals surface area (Å²) in [4.78, 5) is 11.2. The molecule has 0 bridgehead atoms. The number of rotatable bonds is 1. The molecular weight excluding hydrogens is 128 g/mol. The van der Waals surface area contributed by atoms with E-state index < -0.39 is 0 Å². The van der Waals surface area contributed by atoms with Gasteiger partial charge >= 0.3 is 0 Å². The summed E-state index contributed by atoms with van der Waals surface area (Å²) in [6.07, 6.45) is 0.860. The smallest absolute Gasteiger partial charge is 0.251 e. The van der Waals surface area contributed by atoms with E-state index in [1.54, 1.807) is 7.05 Å². The summed E-state index contributed by atoms with van der Waals surface area (Å²) in [6.45, 7) is 3.90. The molecule has 1 unspecified atom stereocenters. The lowest BCUT2D eigenvalue weighted by atomic mass is 10.0. The zero-order chi connectivity index (χ0) is 7.72. The average molecular weight is 140 g/mol. The second kappa shape index (κ2) is 2.40. The Morgan fingerprint density at radius 2 is 2.30 bits per heavy atom. The third-order valence-electron chi connectivity index (χ3n) is 1.84. The Kier molecular flexibility index (Phi) is 1.74. The van der Waals surface area contributed by atoms with Gasteiger partial charge in [0.15, 0.2) is 0 Å². The first-order valence-corrected chi connectivity index (χ1v) is 3.49. The second-order valence-corrected chi connectivity index (χ2v) is 2.56. The summed E-state index contributed by atoms with van der Waals surface area (Å²) < 4.78 is 0. The summed E-state index contributed by atoms with van der Waals surface area (Å²) in [6, 6.07) is 0. The van der Waals surface area contributed by atoms with Crippen molar-refractivity contribution in [1.82, 2.24) is 5.01 Å². The molecule has 0 saturated heterocycles. The fraction of sp³-hybridized carbons (Fsp3) is 0.714. The monoisotopic (exact) mass is 140 g/mol. The molecule has 1 amide bonds. The maximum Gasteiger partial charge on any atom is 0.251 e. The van der Waals surface area contributed by atoms with Crippen LogP contribution >= 0.6 is 0 Å². The van der Waals surface area contributed by atoms with E-state index in [-0.39, 0.29) is 11.8 Å². The fourth-order valence-electron chi connectivity index (χ4n) is 1.23. The molecule has 0 aromatic heterocycles. The molecule has 1 atom stereocenters. The molecule has 3 nitrogen and oxygen atoms in total. The third kappa shape index (κ3) is 0.916. The number of hydrogen-bond donors (Lipinski definition) is 0. The summed E-state index contributed by atoms with van der Waals surface area (Å²) in [5.41, 5.74) is 0.940. The van der Waals surface area contributed by atoms with Crippen molar-refractivity contribution in [3.63, 3.8) is 0 Å². The lowest BCUT2D eigenvalue weighted by Crippen LogP contribution is -2.23. The van der Waals surface area contributed by atoms with Crippen LogP contribution < -0.4 is 0 Å². The van der Waals surface area contributed by atoms with E-state index in [1.807, 2.05) is 13.8 Å². The van der Waals surface area contributed by atoms with Crippen LogP contribution in [0.25, 0.3) is 0 Å². The van der Waals surface area contributed by atoms with E-state index in [4.69, 9.17) is 0 Å². The van der Waals surface area contributed by atoms with Gasteiger partial charge in [0.2, 0.25) is 0 Å². The van der Waals surface area contributed by atoms with Gasteiger partial charge in [-0.15, -0.1) is 0 Å². The first kappa shape index (κ1) is 7.25. The predicted octanol–water partition coefficient (Wildman–Crippen LogP) is 0.861. The highest BCUT2D eigenvalue weighted by Gasteiger charge is 2.28. The predicted molar refractivity (Wildman–Crippen MR) is 39.7 cm³/mol. The van der Waals surface area contributed by atoms with Crippen molar-refractivity contribution >= 4 is 11.6 Å². The van der Waals surface area contributed by atoms with Gasteiger partial charge < -0.3 is 0 Å². The summed E-state index contributed by atoms with van der Waals surface area (Å²) in [7, 11) is 1.70. The molecule has 1 aliphatic rings. The van der Waals surface area contributed by atoms with Crippen LogP contribution in [-0.2, 0) is 4.79 Å². The van der Waals surface area contributed by atoms with Crippen LogP contribution in [0.2, 0.25) is 0 Å². The van der Waals surface area contributed by atoms with Crippen LogP contribution in [0.1, 0.15) is 20.3 Å². The van der Waals surface area contributed by atoms with Crippen molar-refractivity contribution in [2.75, 3.05) is 7.05 Å². The summed E-state index contributed by atoms with van der Waals surface area (Å²) in [5, 5.41) is 5.44. The molecular formula is C7H12N2O. The van der Waals surface area contributed by atoms with Gasteiger partial charge in [-0.3, -0.25) is 4.79 Å². The molecule has 0 radical (unpaired) electrons. The summed E-state index contributed by atoms with van der Waals surface area (Å²) >= 11 is 0. The molecule has 1 heterocycles. The summed E-state index contributed by atoms with van der Waals surface area (Å²) in [5.74, 6) is 0.171. The van der Waals surface area contributed by atoms with Crippen LogP contribution in [0.3, 0.4) is 0 Å². The zero-order valence-corrected chi connectivity index (χ0v) is 6.59. The molecule has 56 valence electrons. The lowest BCUT2D eigenvalue weighted by molar-refractivity contribution is -0.130. The van der Waals surface area contributed by atoms with Crippen molar-refractivity contribution in [3.05, 3.63) is 0 Å². The van der Waals surface area contributed by atoms with E-state index in [0.29, 0.717) is 0 Å². The Morgan fingerprint density at radius 1 is 1.70 bits per heavy atom. The largest absolute Gasteiger partial charge is 0.272 e. The van der Waals surface area contributed by atoms with Gasteiger partial charge in [0, 0.05) is 12.8 Å². The van der Waals surface area contributed by atoms with Crippen LogP contribution in [0, 0.1) is 5.92 Å². The minimum Gasteiger partial charge on any atom is -0.272 e. The Hall–Kier alpha value is -0.860. The molecule has 0 N–H and O–H groups in total. The number of carbonyl (C=O) groups is 1. The minimum absolute atomic E-state index is 0.0463. The van der Waals surface area contributed by atoms with E-state index in [2.05, 4.69) is 5.10 Å². The zero-order valence-electron chi connectivity index (χ0n) is 6.59. The number of amides is 1. The van der Waals surface area contributed by atoms with E-state index in [0.717, 1.165) is 12.1 Å². The molecule has 0 aromatic carbocycles. The SMILES string of the molecule is CCC1C(=O)N(C)N=C1C.